The summed E-state index contributed by atoms with van der Waals surface area (Å²) >= 11 is 0. The molecule has 1 atom stereocenters. The van der Waals surface area contributed by atoms with Crippen LogP contribution >= 0.6 is 0 Å². The molecule has 0 fully saturated rings. The fourth-order valence-electron chi connectivity index (χ4n) is 2.17. The van der Waals surface area contributed by atoms with Gasteiger partial charge < -0.3 is 15.0 Å². The Hall–Kier alpha value is -2.51. The van der Waals surface area contributed by atoms with Crippen molar-refractivity contribution in [3.05, 3.63) is 41.6 Å². The molecule has 25 heavy (non-hydrogen) atoms. The Balaban J connectivity index is 2.24. The largest absolute Gasteiger partial charge is 0.494 e. The molecule has 1 N–H and O–H groups in total. The van der Waals surface area contributed by atoms with Crippen LogP contribution in [0.2, 0.25) is 0 Å². The molecule has 0 radical (unpaired) electrons. The normalized spacial score (nSPS) is 12.6. The van der Waals surface area contributed by atoms with Gasteiger partial charge >= 0.3 is 6.18 Å². The second-order valence-electron chi connectivity index (χ2n) is 5.70. The van der Waals surface area contributed by atoms with Crippen LogP contribution in [0.4, 0.5) is 24.9 Å². The molecule has 0 amide bonds. The molecule has 2 rings (SSSR count). The minimum atomic E-state index is -4.54. The van der Waals surface area contributed by atoms with E-state index in [1.54, 1.807) is 14.1 Å². The number of aromatic nitrogens is 2. The third-order valence-electron chi connectivity index (χ3n) is 3.50. The summed E-state index contributed by atoms with van der Waals surface area (Å²) in [6.45, 7) is 4.29. The summed E-state index contributed by atoms with van der Waals surface area (Å²) in [4.78, 5) is 9.24. The quantitative estimate of drug-likeness (QED) is 0.845. The Morgan fingerprint density at radius 1 is 1.16 bits per heavy atom. The first kappa shape index (κ1) is 18.8. The number of halogens is 3. The summed E-state index contributed by atoms with van der Waals surface area (Å²) in [6.07, 6.45) is -4.54. The van der Waals surface area contributed by atoms with Crippen molar-refractivity contribution in [3.63, 3.8) is 0 Å². The number of ether oxygens (including phenoxy) is 1. The van der Waals surface area contributed by atoms with E-state index in [1.165, 1.54) is 4.90 Å². The van der Waals surface area contributed by atoms with E-state index in [4.69, 9.17) is 4.74 Å². The molecule has 1 heterocycles. The van der Waals surface area contributed by atoms with E-state index in [0.29, 0.717) is 6.61 Å². The summed E-state index contributed by atoms with van der Waals surface area (Å²) in [5, 5.41) is 2.93. The van der Waals surface area contributed by atoms with E-state index in [-0.39, 0.29) is 17.8 Å². The highest BCUT2D eigenvalue weighted by molar-refractivity contribution is 5.45. The minimum Gasteiger partial charge on any atom is -0.494 e. The van der Waals surface area contributed by atoms with Crippen molar-refractivity contribution < 1.29 is 17.9 Å². The Bertz CT molecular complexity index is 702. The number of benzene rings is 1. The molecule has 0 aliphatic rings. The Labute approximate surface area is 144 Å². The maximum Gasteiger partial charge on any atom is 0.433 e. The Morgan fingerprint density at radius 3 is 2.32 bits per heavy atom. The van der Waals surface area contributed by atoms with Gasteiger partial charge in [0.25, 0.3) is 0 Å². The number of nitrogens with zero attached hydrogens (tertiary/aromatic N) is 3. The van der Waals surface area contributed by atoms with Crippen LogP contribution in [0.15, 0.2) is 30.3 Å². The van der Waals surface area contributed by atoms with Crippen LogP contribution in [0.5, 0.6) is 5.75 Å². The highest BCUT2D eigenvalue weighted by Gasteiger charge is 2.34. The summed E-state index contributed by atoms with van der Waals surface area (Å²) in [7, 11) is 3.25. The van der Waals surface area contributed by atoms with Gasteiger partial charge in [-0.25, -0.2) is 4.98 Å². The summed E-state index contributed by atoms with van der Waals surface area (Å²) in [6, 6.07) is 7.98. The Morgan fingerprint density at radius 2 is 1.80 bits per heavy atom. The maximum absolute atomic E-state index is 13.0. The van der Waals surface area contributed by atoms with Crippen molar-refractivity contribution in [3.8, 4) is 5.75 Å². The van der Waals surface area contributed by atoms with Crippen molar-refractivity contribution in [1.29, 1.82) is 0 Å². The Kier molecular flexibility index (Phi) is 5.71. The number of rotatable bonds is 6. The standard InChI is InChI=1S/C17H21F3N4O/c1-5-25-13-8-6-12(7-9-13)11(2)21-16-22-14(17(18,19)20)10-15(23-16)24(3)4/h6-11H,5H2,1-4H3,(H,21,22,23). The first-order valence-corrected chi connectivity index (χ1v) is 7.83. The molecule has 0 aliphatic heterocycles. The third kappa shape index (κ3) is 4.98. The van der Waals surface area contributed by atoms with Gasteiger partial charge in [-0.1, -0.05) is 12.1 Å². The fourth-order valence-corrected chi connectivity index (χ4v) is 2.17. The maximum atomic E-state index is 13.0. The first-order valence-electron chi connectivity index (χ1n) is 7.83. The van der Waals surface area contributed by atoms with Gasteiger partial charge in [0, 0.05) is 20.2 Å². The zero-order valence-electron chi connectivity index (χ0n) is 14.6. The smallest absolute Gasteiger partial charge is 0.433 e. The zero-order valence-corrected chi connectivity index (χ0v) is 14.6. The average molecular weight is 354 g/mol. The SMILES string of the molecule is CCOc1ccc(C(C)Nc2nc(N(C)C)cc(C(F)(F)F)n2)cc1. The lowest BCUT2D eigenvalue weighted by atomic mass is 10.1. The zero-order chi connectivity index (χ0) is 18.6. The molecule has 2 aromatic rings. The molecule has 0 saturated heterocycles. The number of anilines is 2. The molecule has 0 bridgehead atoms. The van der Waals surface area contributed by atoms with Crippen LogP contribution in [0, 0.1) is 0 Å². The third-order valence-corrected chi connectivity index (χ3v) is 3.50. The summed E-state index contributed by atoms with van der Waals surface area (Å²) < 4.78 is 44.5. The molecular weight excluding hydrogens is 333 g/mol. The van der Waals surface area contributed by atoms with Crippen LogP contribution in [0.1, 0.15) is 31.1 Å². The molecular formula is C17H21F3N4O. The van der Waals surface area contributed by atoms with E-state index in [9.17, 15) is 13.2 Å². The number of hydrogen-bond acceptors (Lipinski definition) is 5. The van der Waals surface area contributed by atoms with Crippen molar-refractivity contribution >= 4 is 11.8 Å². The molecule has 1 aromatic heterocycles. The topological polar surface area (TPSA) is 50.3 Å². The lowest BCUT2D eigenvalue weighted by Crippen LogP contribution is -2.18. The number of nitrogens with one attached hydrogen (secondary N) is 1. The molecule has 8 heteroatoms. The van der Waals surface area contributed by atoms with E-state index in [1.807, 2.05) is 38.1 Å². The van der Waals surface area contributed by atoms with Crippen molar-refractivity contribution in [2.45, 2.75) is 26.1 Å². The van der Waals surface area contributed by atoms with E-state index in [2.05, 4.69) is 15.3 Å². The molecule has 1 aromatic carbocycles. The van der Waals surface area contributed by atoms with Crippen LogP contribution in [-0.2, 0) is 6.18 Å². The van der Waals surface area contributed by atoms with Gasteiger partial charge in [-0.05, 0) is 31.5 Å². The van der Waals surface area contributed by atoms with E-state index in [0.717, 1.165) is 17.4 Å². The second kappa shape index (κ2) is 7.58. The van der Waals surface area contributed by atoms with Crippen LogP contribution in [-0.4, -0.2) is 30.7 Å². The predicted octanol–water partition coefficient (Wildman–Crippen LogP) is 4.13. The second-order valence-corrected chi connectivity index (χ2v) is 5.70. The average Bonchev–Trinajstić information content (AvgIpc) is 2.54. The number of hydrogen-bond donors (Lipinski definition) is 1. The lowest BCUT2D eigenvalue weighted by molar-refractivity contribution is -0.141. The van der Waals surface area contributed by atoms with Crippen LogP contribution in [0.25, 0.3) is 0 Å². The molecule has 5 nitrogen and oxygen atoms in total. The molecule has 0 saturated carbocycles. The van der Waals surface area contributed by atoms with Crippen molar-refractivity contribution in [2.24, 2.45) is 0 Å². The van der Waals surface area contributed by atoms with Gasteiger partial charge in [0.1, 0.15) is 11.6 Å². The van der Waals surface area contributed by atoms with Gasteiger partial charge in [0.05, 0.1) is 12.6 Å². The lowest BCUT2D eigenvalue weighted by Gasteiger charge is -2.19. The van der Waals surface area contributed by atoms with E-state index < -0.39 is 11.9 Å². The molecule has 0 aliphatic carbocycles. The van der Waals surface area contributed by atoms with Gasteiger partial charge in [-0.3, -0.25) is 0 Å². The summed E-state index contributed by atoms with van der Waals surface area (Å²) in [5.74, 6) is 0.854. The minimum absolute atomic E-state index is 0.0695. The van der Waals surface area contributed by atoms with Gasteiger partial charge in [-0.15, -0.1) is 0 Å². The highest BCUT2D eigenvalue weighted by atomic mass is 19.4. The van der Waals surface area contributed by atoms with Crippen LogP contribution in [0.3, 0.4) is 0 Å². The molecule has 136 valence electrons. The first-order chi connectivity index (χ1) is 11.7. The highest BCUT2D eigenvalue weighted by Crippen LogP contribution is 2.31. The van der Waals surface area contributed by atoms with Crippen molar-refractivity contribution in [1.82, 2.24) is 9.97 Å². The molecule has 1 unspecified atom stereocenters. The van der Waals surface area contributed by atoms with Gasteiger partial charge in [-0.2, -0.15) is 18.2 Å². The van der Waals surface area contributed by atoms with Crippen molar-refractivity contribution in [2.75, 3.05) is 30.9 Å². The monoisotopic (exact) mass is 354 g/mol. The van der Waals surface area contributed by atoms with E-state index >= 15 is 0 Å². The predicted molar refractivity (Wildman–Crippen MR) is 91.0 cm³/mol. The summed E-state index contributed by atoms with van der Waals surface area (Å²) in [5.41, 5.74) is -0.0940. The molecule has 0 spiro atoms. The van der Waals surface area contributed by atoms with Gasteiger partial charge in [0.2, 0.25) is 5.95 Å². The van der Waals surface area contributed by atoms with Gasteiger partial charge in [0.15, 0.2) is 5.69 Å². The van der Waals surface area contributed by atoms with Crippen LogP contribution < -0.4 is 15.0 Å². The number of alkyl halides is 3. The fraction of sp³-hybridized carbons (Fsp3) is 0.412.